The Morgan fingerprint density at radius 2 is 1.80 bits per heavy atom. The third kappa shape index (κ3) is 5.07. The zero-order valence-electron chi connectivity index (χ0n) is 12.0. The molecule has 0 radical (unpaired) electrons. The molecule has 0 aromatic heterocycles. The number of likely N-dealkylation sites (tertiary alicyclic amines) is 1. The van der Waals surface area contributed by atoms with E-state index in [2.05, 4.69) is 10.6 Å². The summed E-state index contributed by atoms with van der Waals surface area (Å²) in [4.78, 5) is 35.9. The van der Waals surface area contributed by atoms with Gasteiger partial charge in [0.25, 0.3) is 0 Å². The molecular weight excluding hydrogens is 262 g/mol. The first-order chi connectivity index (χ1) is 9.41. The number of nitrogens with one attached hydrogen (secondary N) is 2. The van der Waals surface area contributed by atoms with Crippen molar-refractivity contribution < 1.29 is 19.5 Å². The molecular formula is C13H23N3O4. The maximum atomic E-state index is 12.0. The topological polar surface area (TPSA) is 98.7 Å². The summed E-state index contributed by atoms with van der Waals surface area (Å²) in [5, 5.41) is 13.8. The second kappa shape index (κ2) is 7.72. The number of aliphatic carboxylic acids is 1. The smallest absolute Gasteiger partial charge is 0.315 e. The number of rotatable bonds is 6. The van der Waals surface area contributed by atoms with Crippen LogP contribution in [0, 0.1) is 5.92 Å². The standard InChI is InChI=1S/C13H23N3O4/c1-9(12(18)19)5-6-14-13(20)15-10(2)11(17)16-7-3-4-8-16/h9-10H,3-8H2,1-2H3,(H,18,19)(H2,14,15,20). The molecule has 2 unspecified atom stereocenters. The Kier molecular flexibility index (Phi) is 6.27. The number of carboxylic acids is 1. The van der Waals surface area contributed by atoms with Gasteiger partial charge in [0, 0.05) is 19.6 Å². The van der Waals surface area contributed by atoms with Crippen LogP contribution in [0.25, 0.3) is 0 Å². The molecule has 0 aromatic carbocycles. The lowest BCUT2D eigenvalue weighted by Gasteiger charge is -2.21. The fourth-order valence-corrected chi connectivity index (χ4v) is 2.05. The minimum Gasteiger partial charge on any atom is -0.481 e. The summed E-state index contributed by atoms with van der Waals surface area (Å²) in [7, 11) is 0. The Bertz CT molecular complexity index is 367. The molecule has 0 saturated carbocycles. The van der Waals surface area contributed by atoms with Crippen LogP contribution in [-0.2, 0) is 9.59 Å². The van der Waals surface area contributed by atoms with Gasteiger partial charge in [0.2, 0.25) is 5.91 Å². The predicted molar refractivity (Wildman–Crippen MR) is 73.2 cm³/mol. The number of urea groups is 1. The van der Waals surface area contributed by atoms with Gasteiger partial charge in [-0.3, -0.25) is 9.59 Å². The first-order valence-corrected chi connectivity index (χ1v) is 6.97. The van der Waals surface area contributed by atoms with Gasteiger partial charge in [0.15, 0.2) is 0 Å². The minimum absolute atomic E-state index is 0.0726. The lowest BCUT2D eigenvalue weighted by molar-refractivity contribution is -0.141. The Balaban J connectivity index is 2.23. The van der Waals surface area contributed by atoms with Gasteiger partial charge < -0.3 is 20.6 Å². The number of hydrogen-bond donors (Lipinski definition) is 3. The highest BCUT2D eigenvalue weighted by atomic mass is 16.4. The molecule has 0 spiro atoms. The number of hydrogen-bond acceptors (Lipinski definition) is 3. The SMILES string of the molecule is CC(CCNC(=O)NC(C)C(=O)N1CCCC1)C(=O)O. The normalized spacial score (nSPS) is 17.4. The van der Waals surface area contributed by atoms with Gasteiger partial charge in [-0.2, -0.15) is 0 Å². The number of amides is 3. The van der Waals surface area contributed by atoms with E-state index in [0.29, 0.717) is 6.42 Å². The van der Waals surface area contributed by atoms with Gasteiger partial charge in [-0.05, 0) is 26.2 Å². The van der Waals surface area contributed by atoms with E-state index in [1.165, 1.54) is 0 Å². The Morgan fingerprint density at radius 3 is 2.35 bits per heavy atom. The molecule has 114 valence electrons. The zero-order valence-corrected chi connectivity index (χ0v) is 12.0. The van der Waals surface area contributed by atoms with Crippen molar-refractivity contribution in [3.05, 3.63) is 0 Å². The van der Waals surface area contributed by atoms with E-state index in [1.54, 1.807) is 18.7 Å². The van der Waals surface area contributed by atoms with Crippen molar-refractivity contribution >= 4 is 17.9 Å². The number of carbonyl (C=O) groups excluding carboxylic acids is 2. The second-order valence-electron chi connectivity index (χ2n) is 5.18. The van der Waals surface area contributed by atoms with Crippen LogP contribution < -0.4 is 10.6 Å². The molecule has 0 aliphatic carbocycles. The van der Waals surface area contributed by atoms with Crippen LogP contribution >= 0.6 is 0 Å². The summed E-state index contributed by atoms with van der Waals surface area (Å²) < 4.78 is 0. The van der Waals surface area contributed by atoms with Crippen molar-refractivity contribution in [3.8, 4) is 0 Å². The summed E-state index contributed by atoms with van der Waals surface area (Å²) in [6.45, 7) is 5.01. The highest BCUT2D eigenvalue weighted by molar-refractivity contribution is 5.86. The minimum atomic E-state index is -0.884. The van der Waals surface area contributed by atoms with Crippen LogP contribution in [0.15, 0.2) is 0 Å². The van der Waals surface area contributed by atoms with E-state index in [4.69, 9.17) is 5.11 Å². The van der Waals surface area contributed by atoms with Crippen LogP contribution in [0.2, 0.25) is 0 Å². The van der Waals surface area contributed by atoms with Gasteiger partial charge in [-0.1, -0.05) is 6.92 Å². The van der Waals surface area contributed by atoms with Gasteiger partial charge in [0.1, 0.15) is 6.04 Å². The van der Waals surface area contributed by atoms with Crippen molar-refractivity contribution in [3.63, 3.8) is 0 Å². The van der Waals surface area contributed by atoms with Crippen molar-refractivity contribution in [1.29, 1.82) is 0 Å². The molecule has 3 amide bonds. The second-order valence-corrected chi connectivity index (χ2v) is 5.18. The average molecular weight is 285 g/mol. The highest BCUT2D eigenvalue weighted by Gasteiger charge is 2.24. The van der Waals surface area contributed by atoms with Crippen LogP contribution in [0.5, 0.6) is 0 Å². The number of carboxylic acid groups (broad SMARTS) is 1. The average Bonchev–Trinajstić information content (AvgIpc) is 2.91. The van der Waals surface area contributed by atoms with E-state index >= 15 is 0 Å². The molecule has 7 nitrogen and oxygen atoms in total. The predicted octanol–water partition coefficient (Wildman–Crippen LogP) is 0.407. The van der Waals surface area contributed by atoms with Gasteiger partial charge in [-0.15, -0.1) is 0 Å². The maximum Gasteiger partial charge on any atom is 0.315 e. The largest absolute Gasteiger partial charge is 0.481 e. The molecule has 20 heavy (non-hydrogen) atoms. The summed E-state index contributed by atoms with van der Waals surface area (Å²) >= 11 is 0. The van der Waals surface area contributed by atoms with Gasteiger partial charge >= 0.3 is 12.0 Å². The van der Waals surface area contributed by atoms with E-state index in [-0.39, 0.29) is 12.5 Å². The quantitative estimate of drug-likeness (QED) is 0.658. The van der Waals surface area contributed by atoms with Crippen molar-refractivity contribution in [2.45, 2.75) is 39.2 Å². The Morgan fingerprint density at radius 1 is 1.20 bits per heavy atom. The molecule has 1 rings (SSSR count). The molecule has 1 fully saturated rings. The monoisotopic (exact) mass is 285 g/mol. The summed E-state index contributed by atoms with van der Waals surface area (Å²) in [5.41, 5.74) is 0. The molecule has 1 aliphatic heterocycles. The summed E-state index contributed by atoms with van der Waals surface area (Å²) in [6, 6.07) is -1.01. The van der Waals surface area contributed by atoms with Crippen molar-refractivity contribution in [2.24, 2.45) is 5.92 Å². The molecule has 1 aliphatic rings. The van der Waals surface area contributed by atoms with Gasteiger partial charge in [0.05, 0.1) is 5.92 Å². The molecule has 7 heteroatoms. The third-order valence-corrected chi connectivity index (χ3v) is 3.42. The number of carbonyl (C=O) groups is 3. The fraction of sp³-hybridized carbons (Fsp3) is 0.769. The number of nitrogens with zero attached hydrogens (tertiary/aromatic N) is 1. The fourth-order valence-electron chi connectivity index (χ4n) is 2.05. The maximum absolute atomic E-state index is 12.0. The summed E-state index contributed by atoms with van der Waals surface area (Å²) in [6.07, 6.45) is 2.38. The van der Waals surface area contributed by atoms with Crippen molar-refractivity contribution in [2.75, 3.05) is 19.6 Å². The lowest BCUT2D eigenvalue weighted by Crippen LogP contribution is -2.49. The Labute approximate surface area is 118 Å². The van der Waals surface area contributed by atoms with Crippen LogP contribution in [-0.4, -0.2) is 53.6 Å². The van der Waals surface area contributed by atoms with Crippen molar-refractivity contribution in [1.82, 2.24) is 15.5 Å². The van der Waals surface area contributed by atoms with E-state index in [9.17, 15) is 14.4 Å². The molecule has 0 aromatic rings. The van der Waals surface area contributed by atoms with Gasteiger partial charge in [-0.25, -0.2) is 4.79 Å². The molecule has 2 atom stereocenters. The third-order valence-electron chi connectivity index (χ3n) is 3.42. The molecule has 1 heterocycles. The summed E-state index contributed by atoms with van der Waals surface area (Å²) in [5.74, 6) is -1.46. The molecule has 1 saturated heterocycles. The van der Waals surface area contributed by atoms with Crippen LogP contribution in [0.3, 0.4) is 0 Å². The first-order valence-electron chi connectivity index (χ1n) is 6.97. The lowest BCUT2D eigenvalue weighted by atomic mass is 10.1. The first kappa shape index (κ1) is 16.3. The van der Waals surface area contributed by atoms with E-state index < -0.39 is 24.0 Å². The zero-order chi connectivity index (χ0) is 15.1. The molecule has 3 N–H and O–H groups in total. The van der Waals surface area contributed by atoms with E-state index in [0.717, 1.165) is 25.9 Å². The van der Waals surface area contributed by atoms with Crippen LogP contribution in [0.1, 0.15) is 33.1 Å². The Hall–Kier alpha value is -1.79. The van der Waals surface area contributed by atoms with E-state index in [1.807, 2.05) is 0 Å². The highest BCUT2D eigenvalue weighted by Crippen LogP contribution is 2.08. The molecule has 0 bridgehead atoms. The van der Waals surface area contributed by atoms with Crippen LogP contribution in [0.4, 0.5) is 4.79 Å².